The lowest BCUT2D eigenvalue weighted by Gasteiger charge is -2.26. The van der Waals surface area contributed by atoms with Crippen LogP contribution in [0.25, 0.3) is 0 Å². The lowest BCUT2D eigenvalue weighted by Crippen LogP contribution is -2.37. The third kappa shape index (κ3) is 9.23. The van der Waals surface area contributed by atoms with Gasteiger partial charge in [-0.25, -0.2) is 9.59 Å². The highest BCUT2D eigenvalue weighted by molar-refractivity contribution is 6.27. The Hall–Kier alpha value is -2.36. The van der Waals surface area contributed by atoms with E-state index in [-0.39, 0.29) is 0 Å². The van der Waals surface area contributed by atoms with Gasteiger partial charge in [0.15, 0.2) is 11.5 Å². The van der Waals surface area contributed by atoms with Crippen LogP contribution in [0.3, 0.4) is 0 Å². The Morgan fingerprint density at radius 3 is 2.30 bits per heavy atom. The number of nitrogens with zero attached hydrogens (tertiary/aromatic N) is 1. The van der Waals surface area contributed by atoms with Gasteiger partial charge < -0.3 is 29.7 Å². The molecule has 1 heterocycles. The highest BCUT2D eigenvalue weighted by atomic mass is 16.5. The number of benzene rings is 1. The average Bonchev–Trinajstić information content (AvgIpc) is 2.68. The van der Waals surface area contributed by atoms with Gasteiger partial charge in [-0.3, -0.25) is 4.90 Å². The Kier molecular flexibility index (Phi) is 10.8. The van der Waals surface area contributed by atoms with Gasteiger partial charge in [0, 0.05) is 19.6 Å². The van der Waals surface area contributed by atoms with Gasteiger partial charge >= 0.3 is 11.9 Å². The summed E-state index contributed by atoms with van der Waals surface area (Å²) in [6.45, 7) is 6.89. The van der Waals surface area contributed by atoms with Crippen LogP contribution in [0.5, 0.6) is 11.5 Å². The molecule has 0 spiro atoms. The van der Waals surface area contributed by atoms with Crippen LogP contribution in [0.1, 0.15) is 12.0 Å². The molecule has 0 unspecified atom stereocenters. The first-order valence-electron chi connectivity index (χ1n) is 8.65. The summed E-state index contributed by atoms with van der Waals surface area (Å²) in [4.78, 5) is 20.7. The molecule has 1 aliphatic rings. The molecule has 0 saturated carbocycles. The Bertz CT molecular complexity index is 577. The molecule has 0 atom stereocenters. The van der Waals surface area contributed by atoms with Crippen molar-refractivity contribution in [2.75, 3.05) is 53.6 Å². The van der Waals surface area contributed by atoms with Crippen LogP contribution in [0.4, 0.5) is 0 Å². The van der Waals surface area contributed by atoms with Crippen molar-refractivity contribution >= 4 is 11.9 Å². The molecule has 1 aliphatic heterocycles. The standard InChI is InChI=1S/C16H26N2O3.C2H2O4/c1-19-15-5-4-14(12-16(15)20-2)13-17-6-3-7-18-8-10-21-11-9-18;3-1(4)2(5)6/h4-5,12,17H,3,6-11,13H2,1-2H3;(H,3,4)(H,5,6). The summed E-state index contributed by atoms with van der Waals surface area (Å²) in [5.74, 6) is -2.09. The third-order valence-electron chi connectivity index (χ3n) is 3.89. The highest BCUT2D eigenvalue weighted by Gasteiger charge is 2.09. The van der Waals surface area contributed by atoms with Gasteiger partial charge in [-0.2, -0.15) is 0 Å². The molecule has 3 N–H and O–H groups in total. The van der Waals surface area contributed by atoms with Gasteiger partial charge in [-0.15, -0.1) is 0 Å². The largest absolute Gasteiger partial charge is 0.493 e. The van der Waals surface area contributed by atoms with Crippen LogP contribution < -0.4 is 14.8 Å². The molecule has 0 radical (unpaired) electrons. The fourth-order valence-corrected chi connectivity index (χ4v) is 2.48. The van der Waals surface area contributed by atoms with Crippen molar-refractivity contribution in [2.24, 2.45) is 0 Å². The van der Waals surface area contributed by atoms with Crippen LogP contribution in [-0.2, 0) is 20.9 Å². The molecular weight excluding hydrogens is 356 g/mol. The van der Waals surface area contributed by atoms with Crippen molar-refractivity contribution < 1.29 is 34.0 Å². The minimum absolute atomic E-state index is 0.772. The average molecular weight is 384 g/mol. The summed E-state index contributed by atoms with van der Waals surface area (Å²) in [7, 11) is 3.32. The summed E-state index contributed by atoms with van der Waals surface area (Å²) in [5, 5.41) is 18.3. The van der Waals surface area contributed by atoms with Crippen molar-refractivity contribution in [2.45, 2.75) is 13.0 Å². The number of rotatable bonds is 8. The first-order valence-corrected chi connectivity index (χ1v) is 8.65. The predicted molar refractivity (Wildman–Crippen MR) is 98.4 cm³/mol. The fourth-order valence-electron chi connectivity index (χ4n) is 2.48. The maximum absolute atomic E-state index is 9.10. The van der Waals surface area contributed by atoms with E-state index in [1.165, 1.54) is 5.56 Å². The minimum atomic E-state index is -1.82. The van der Waals surface area contributed by atoms with E-state index in [0.29, 0.717) is 0 Å². The number of hydrogen-bond acceptors (Lipinski definition) is 7. The van der Waals surface area contributed by atoms with Gasteiger partial charge in [0.25, 0.3) is 0 Å². The number of aliphatic carboxylic acids is 2. The van der Waals surface area contributed by atoms with E-state index in [0.717, 1.165) is 63.9 Å². The highest BCUT2D eigenvalue weighted by Crippen LogP contribution is 2.27. The van der Waals surface area contributed by atoms with Crippen molar-refractivity contribution in [1.29, 1.82) is 0 Å². The number of carboxylic acid groups (broad SMARTS) is 2. The second-order valence-corrected chi connectivity index (χ2v) is 5.78. The Morgan fingerprint density at radius 1 is 1.11 bits per heavy atom. The molecule has 0 amide bonds. The summed E-state index contributed by atoms with van der Waals surface area (Å²) in [6.07, 6.45) is 1.16. The molecule has 27 heavy (non-hydrogen) atoms. The predicted octanol–water partition coefficient (Wildman–Crippen LogP) is 0.671. The molecule has 1 fully saturated rings. The Labute approximate surface area is 158 Å². The molecule has 9 heteroatoms. The maximum Gasteiger partial charge on any atom is 0.414 e. The van der Waals surface area contributed by atoms with Crippen molar-refractivity contribution in [3.05, 3.63) is 23.8 Å². The summed E-state index contributed by atoms with van der Waals surface area (Å²) in [5.41, 5.74) is 1.21. The third-order valence-corrected chi connectivity index (χ3v) is 3.89. The van der Waals surface area contributed by atoms with Gasteiger partial charge in [0.05, 0.1) is 27.4 Å². The summed E-state index contributed by atoms with van der Waals surface area (Å²) in [6, 6.07) is 6.04. The van der Waals surface area contributed by atoms with Crippen molar-refractivity contribution in [3.63, 3.8) is 0 Å². The molecule has 1 aromatic rings. The molecule has 0 aliphatic carbocycles. The van der Waals surface area contributed by atoms with E-state index in [9.17, 15) is 0 Å². The van der Waals surface area contributed by atoms with E-state index in [1.807, 2.05) is 12.1 Å². The molecule has 152 valence electrons. The van der Waals surface area contributed by atoms with Gasteiger partial charge in [0.2, 0.25) is 0 Å². The van der Waals surface area contributed by atoms with Crippen LogP contribution in [0.2, 0.25) is 0 Å². The molecule has 0 aromatic heterocycles. The first kappa shape index (κ1) is 22.7. The van der Waals surface area contributed by atoms with Gasteiger partial charge in [0.1, 0.15) is 0 Å². The zero-order chi connectivity index (χ0) is 20.1. The van der Waals surface area contributed by atoms with Crippen molar-refractivity contribution in [1.82, 2.24) is 10.2 Å². The number of morpholine rings is 1. The molecule has 1 aromatic carbocycles. The molecule has 9 nitrogen and oxygen atoms in total. The number of carbonyl (C=O) groups is 2. The van der Waals surface area contributed by atoms with Crippen LogP contribution in [0, 0.1) is 0 Å². The van der Waals surface area contributed by atoms with E-state index in [4.69, 9.17) is 34.0 Å². The van der Waals surface area contributed by atoms with E-state index in [1.54, 1.807) is 14.2 Å². The summed E-state index contributed by atoms with van der Waals surface area (Å²) >= 11 is 0. The topological polar surface area (TPSA) is 118 Å². The van der Waals surface area contributed by atoms with Crippen LogP contribution >= 0.6 is 0 Å². The fraction of sp³-hybridized carbons (Fsp3) is 0.556. The SMILES string of the molecule is COc1ccc(CNCCCN2CCOCC2)cc1OC.O=C(O)C(=O)O. The second kappa shape index (κ2) is 12.9. The smallest absolute Gasteiger partial charge is 0.414 e. The molecular formula is C18H28N2O7. The maximum atomic E-state index is 9.10. The molecule has 2 rings (SSSR count). The normalized spacial score (nSPS) is 14.0. The van der Waals surface area contributed by atoms with Crippen LogP contribution in [-0.4, -0.2) is 80.7 Å². The zero-order valence-corrected chi connectivity index (χ0v) is 15.8. The number of nitrogens with one attached hydrogen (secondary N) is 1. The van der Waals surface area contributed by atoms with E-state index < -0.39 is 11.9 Å². The number of carboxylic acids is 2. The summed E-state index contributed by atoms with van der Waals surface area (Å²) < 4.78 is 15.9. The lowest BCUT2D eigenvalue weighted by atomic mass is 10.2. The second-order valence-electron chi connectivity index (χ2n) is 5.78. The number of hydrogen-bond donors (Lipinski definition) is 3. The lowest BCUT2D eigenvalue weighted by molar-refractivity contribution is -0.159. The number of ether oxygens (including phenoxy) is 3. The van der Waals surface area contributed by atoms with Gasteiger partial charge in [-0.1, -0.05) is 6.07 Å². The number of methoxy groups -OCH3 is 2. The van der Waals surface area contributed by atoms with Crippen LogP contribution in [0.15, 0.2) is 18.2 Å². The van der Waals surface area contributed by atoms with Gasteiger partial charge in [-0.05, 0) is 37.2 Å². The van der Waals surface area contributed by atoms with Crippen molar-refractivity contribution in [3.8, 4) is 11.5 Å². The van der Waals surface area contributed by atoms with E-state index in [2.05, 4.69) is 16.3 Å². The van der Waals surface area contributed by atoms with E-state index >= 15 is 0 Å². The molecule has 1 saturated heterocycles. The quantitative estimate of drug-likeness (QED) is 0.439. The Morgan fingerprint density at radius 2 is 1.74 bits per heavy atom. The monoisotopic (exact) mass is 384 g/mol. The first-order chi connectivity index (χ1) is 13.0. The molecule has 0 bridgehead atoms. The Balaban J connectivity index is 0.000000527. The minimum Gasteiger partial charge on any atom is -0.493 e. The zero-order valence-electron chi connectivity index (χ0n) is 15.8.